The lowest BCUT2D eigenvalue weighted by molar-refractivity contribution is -0.115. The highest BCUT2D eigenvalue weighted by Crippen LogP contribution is 2.30. The van der Waals surface area contributed by atoms with E-state index >= 15 is 0 Å². The number of hydrogen-bond donors (Lipinski definition) is 0. The van der Waals surface area contributed by atoms with Gasteiger partial charge in [0, 0.05) is 44.7 Å². The van der Waals surface area contributed by atoms with Crippen molar-refractivity contribution >= 4 is 6.29 Å². The van der Waals surface area contributed by atoms with Crippen molar-refractivity contribution in [1.29, 1.82) is 0 Å². The maximum atomic E-state index is 10.9. The Balaban J connectivity index is 1.69. The molecule has 0 aromatic rings. The molecule has 0 aromatic heterocycles. The van der Waals surface area contributed by atoms with E-state index in [1.54, 1.807) is 0 Å². The van der Waals surface area contributed by atoms with Crippen molar-refractivity contribution in [1.82, 2.24) is 9.80 Å². The molecule has 0 N–H and O–H groups in total. The molecule has 0 atom stereocenters. The van der Waals surface area contributed by atoms with Crippen LogP contribution in [0.2, 0.25) is 0 Å². The van der Waals surface area contributed by atoms with E-state index in [1.165, 1.54) is 32.5 Å². The summed E-state index contributed by atoms with van der Waals surface area (Å²) in [4.78, 5) is 15.9. The summed E-state index contributed by atoms with van der Waals surface area (Å²) in [5, 5.41) is 0. The Morgan fingerprint density at radius 3 is 2.19 bits per heavy atom. The van der Waals surface area contributed by atoms with Crippen LogP contribution in [-0.4, -0.2) is 55.4 Å². The van der Waals surface area contributed by atoms with Gasteiger partial charge in [0.25, 0.3) is 0 Å². The van der Waals surface area contributed by atoms with Gasteiger partial charge in [0.15, 0.2) is 0 Å². The van der Waals surface area contributed by atoms with E-state index < -0.39 is 0 Å². The Kier molecular flexibility index (Phi) is 3.65. The van der Waals surface area contributed by atoms with Crippen molar-refractivity contribution in [3.05, 3.63) is 0 Å². The third kappa shape index (κ3) is 3.56. The Hall–Kier alpha value is -0.410. The van der Waals surface area contributed by atoms with Gasteiger partial charge in [-0.3, -0.25) is 4.90 Å². The summed E-state index contributed by atoms with van der Waals surface area (Å²) in [5.41, 5.74) is -0.182. The second-order valence-electron chi connectivity index (χ2n) is 6.13. The molecule has 2 rings (SSSR count). The lowest BCUT2D eigenvalue weighted by Gasteiger charge is -2.37. The number of carbonyl (C=O) groups is 1. The third-order valence-electron chi connectivity index (χ3n) is 3.63. The molecule has 2 fully saturated rings. The molecule has 1 aliphatic heterocycles. The average molecular weight is 224 g/mol. The van der Waals surface area contributed by atoms with E-state index in [0.29, 0.717) is 0 Å². The van der Waals surface area contributed by atoms with Gasteiger partial charge < -0.3 is 9.69 Å². The zero-order valence-corrected chi connectivity index (χ0v) is 10.6. The summed E-state index contributed by atoms with van der Waals surface area (Å²) in [5.74, 6) is 0.998. The van der Waals surface area contributed by atoms with Crippen molar-refractivity contribution in [3.8, 4) is 0 Å². The Morgan fingerprint density at radius 1 is 1.12 bits per heavy atom. The summed E-state index contributed by atoms with van der Waals surface area (Å²) in [6.07, 6.45) is 3.97. The second-order valence-corrected chi connectivity index (χ2v) is 6.13. The topological polar surface area (TPSA) is 23.6 Å². The standard InChI is InChI=1S/C13H24N2O/c1-13(2,11-16)10-15-7-5-14(6-8-15)9-12-3-4-12/h11-12H,3-10H2,1-2H3. The van der Waals surface area contributed by atoms with Crippen molar-refractivity contribution in [2.45, 2.75) is 26.7 Å². The molecule has 92 valence electrons. The van der Waals surface area contributed by atoms with Gasteiger partial charge in [0.1, 0.15) is 6.29 Å². The number of rotatable bonds is 5. The van der Waals surface area contributed by atoms with Gasteiger partial charge in [-0.1, -0.05) is 13.8 Å². The van der Waals surface area contributed by atoms with E-state index in [9.17, 15) is 4.79 Å². The number of aldehydes is 1. The first-order valence-electron chi connectivity index (χ1n) is 6.50. The van der Waals surface area contributed by atoms with E-state index in [1.807, 2.05) is 13.8 Å². The van der Waals surface area contributed by atoms with Crippen LogP contribution in [0.1, 0.15) is 26.7 Å². The van der Waals surface area contributed by atoms with Gasteiger partial charge >= 0.3 is 0 Å². The fraction of sp³-hybridized carbons (Fsp3) is 0.923. The maximum absolute atomic E-state index is 10.9. The quantitative estimate of drug-likeness (QED) is 0.656. The largest absolute Gasteiger partial charge is 0.303 e. The van der Waals surface area contributed by atoms with Gasteiger partial charge in [0.2, 0.25) is 0 Å². The molecule has 1 saturated carbocycles. The first-order chi connectivity index (χ1) is 7.59. The van der Waals surface area contributed by atoms with Gasteiger partial charge in [0.05, 0.1) is 0 Å². The number of nitrogens with zero attached hydrogens (tertiary/aromatic N) is 2. The van der Waals surface area contributed by atoms with E-state index in [0.717, 1.165) is 31.8 Å². The van der Waals surface area contributed by atoms with Crippen LogP contribution in [0.5, 0.6) is 0 Å². The van der Waals surface area contributed by atoms with Crippen molar-refractivity contribution in [3.63, 3.8) is 0 Å². The molecule has 3 heteroatoms. The molecule has 0 spiro atoms. The van der Waals surface area contributed by atoms with Crippen LogP contribution >= 0.6 is 0 Å². The predicted molar refractivity (Wildman–Crippen MR) is 65.4 cm³/mol. The fourth-order valence-corrected chi connectivity index (χ4v) is 2.41. The smallest absolute Gasteiger partial charge is 0.126 e. The molecular weight excluding hydrogens is 200 g/mol. The van der Waals surface area contributed by atoms with Crippen LogP contribution in [0.4, 0.5) is 0 Å². The minimum absolute atomic E-state index is 0.182. The molecule has 0 bridgehead atoms. The number of carbonyl (C=O) groups excluding carboxylic acids is 1. The number of piperazine rings is 1. The molecule has 0 amide bonds. The van der Waals surface area contributed by atoms with Crippen molar-refractivity contribution in [2.75, 3.05) is 39.3 Å². The van der Waals surface area contributed by atoms with E-state index in [-0.39, 0.29) is 5.41 Å². The van der Waals surface area contributed by atoms with Crippen LogP contribution in [-0.2, 0) is 4.79 Å². The summed E-state index contributed by atoms with van der Waals surface area (Å²) >= 11 is 0. The summed E-state index contributed by atoms with van der Waals surface area (Å²) < 4.78 is 0. The first-order valence-corrected chi connectivity index (χ1v) is 6.50. The molecule has 0 radical (unpaired) electrons. The fourth-order valence-electron chi connectivity index (χ4n) is 2.41. The highest BCUT2D eigenvalue weighted by molar-refractivity contribution is 5.58. The lowest BCUT2D eigenvalue weighted by Crippen LogP contribution is -2.49. The van der Waals surface area contributed by atoms with Gasteiger partial charge in [-0.05, 0) is 18.8 Å². The monoisotopic (exact) mass is 224 g/mol. The summed E-state index contributed by atoms with van der Waals surface area (Å²) in [7, 11) is 0. The zero-order chi connectivity index (χ0) is 11.6. The molecule has 2 aliphatic rings. The van der Waals surface area contributed by atoms with Crippen molar-refractivity contribution < 1.29 is 4.79 Å². The highest BCUT2D eigenvalue weighted by atomic mass is 16.1. The third-order valence-corrected chi connectivity index (χ3v) is 3.63. The summed E-state index contributed by atoms with van der Waals surface area (Å²) in [6, 6.07) is 0. The molecule has 16 heavy (non-hydrogen) atoms. The summed E-state index contributed by atoms with van der Waals surface area (Å²) in [6.45, 7) is 10.9. The molecule has 0 aromatic carbocycles. The average Bonchev–Trinajstić information content (AvgIpc) is 3.05. The Morgan fingerprint density at radius 2 is 1.69 bits per heavy atom. The van der Waals surface area contributed by atoms with Gasteiger partial charge in [-0.2, -0.15) is 0 Å². The minimum Gasteiger partial charge on any atom is -0.303 e. The molecule has 3 nitrogen and oxygen atoms in total. The SMILES string of the molecule is CC(C)(C=O)CN1CCN(CC2CC2)CC1. The Bertz CT molecular complexity index is 240. The second kappa shape index (κ2) is 4.84. The van der Waals surface area contributed by atoms with Gasteiger partial charge in [-0.15, -0.1) is 0 Å². The molecule has 1 saturated heterocycles. The zero-order valence-electron chi connectivity index (χ0n) is 10.6. The molecular formula is C13H24N2O. The Labute approximate surface area is 98.8 Å². The van der Waals surface area contributed by atoms with Crippen LogP contribution < -0.4 is 0 Å². The maximum Gasteiger partial charge on any atom is 0.126 e. The van der Waals surface area contributed by atoms with Crippen LogP contribution in [0.3, 0.4) is 0 Å². The van der Waals surface area contributed by atoms with E-state index in [4.69, 9.17) is 0 Å². The molecule has 1 aliphatic carbocycles. The minimum atomic E-state index is -0.182. The van der Waals surface area contributed by atoms with Gasteiger partial charge in [-0.25, -0.2) is 0 Å². The molecule has 0 unspecified atom stereocenters. The van der Waals surface area contributed by atoms with E-state index in [2.05, 4.69) is 9.80 Å². The number of hydrogen-bond acceptors (Lipinski definition) is 3. The van der Waals surface area contributed by atoms with Crippen LogP contribution in [0.25, 0.3) is 0 Å². The first kappa shape index (κ1) is 12.1. The highest BCUT2D eigenvalue weighted by Gasteiger charge is 2.28. The van der Waals surface area contributed by atoms with Crippen molar-refractivity contribution in [2.24, 2.45) is 11.3 Å². The van der Waals surface area contributed by atoms with Crippen LogP contribution in [0.15, 0.2) is 0 Å². The molecule has 1 heterocycles. The normalized spacial score (nSPS) is 24.6. The van der Waals surface area contributed by atoms with Crippen LogP contribution in [0, 0.1) is 11.3 Å². The predicted octanol–water partition coefficient (Wildman–Crippen LogP) is 1.24. The lowest BCUT2D eigenvalue weighted by atomic mass is 9.95.